The first kappa shape index (κ1) is 16.2. The predicted molar refractivity (Wildman–Crippen MR) is 81.1 cm³/mol. The van der Waals surface area contributed by atoms with E-state index >= 15 is 0 Å². The Labute approximate surface area is 128 Å². The average molecular weight is 309 g/mol. The summed E-state index contributed by atoms with van der Waals surface area (Å²) in [7, 11) is 0. The SMILES string of the molecule is CC(C)C(=O)N1CCC(Nc2cc(F)ccc2[N+](=O)[O-])CC1. The lowest BCUT2D eigenvalue weighted by Crippen LogP contribution is -2.44. The summed E-state index contributed by atoms with van der Waals surface area (Å²) in [6.45, 7) is 4.95. The Hall–Kier alpha value is -2.18. The van der Waals surface area contributed by atoms with E-state index in [1.54, 1.807) is 0 Å². The summed E-state index contributed by atoms with van der Waals surface area (Å²) in [5.74, 6) is -0.426. The second-order valence-corrected chi connectivity index (χ2v) is 5.82. The molecular formula is C15H20FN3O3. The van der Waals surface area contributed by atoms with Gasteiger partial charge < -0.3 is 10.2 Å². The van der Waals surface area contributed by atoms with Crippen LogP contribution in [0.25, 0.3) is 0 Å². The Morgan fingerprint density at radius 3 is 2.59 bits per heavy atom. The molecule has 1 aromatic rings. The zero-order valence-corrected chi connectivity index (χ0v) is 12.7. The van der Waals surface area contributed by atoms with Crippen LogP contribution in [0.2, 0.25) is 0 Å². The van der Waals surface area contributed by atoms with Crippen LogP contribution in [0.1, 0.15) is 26.7 Å². The van der Waals surface area contributed by atoms with Gasteiger partial charge in [0.25, 0.3) is 5.69 Å². The van der Waals surface area contributed by atoms with Crippen molar-refractivity contribution >= 4 is 17.3 Å². The number of nitro benzene ring substituents is 1. The molecule has 1 heterocycles. The fourth-order valence-electron chi connectivity index (χ4n) is 2.61. The third-order valence-electron chi connectivity index (χ3n) is 3.82. The first-order valence-electron chi connectivity index (χ1n) is 7.37. The van der Waals surface area contributed by atoms with Gasteiger partial charge in [0.2, 0.25) is 5.91 Å². The van der Waals surface area contributed by atoms with Crippen LogP contribution in [0, 0.1) is 21.8 Å². The molecule has 1 aromatic carbocycles. The number of hydrogen-bond donors (Lipinski definition) is 1. The summed E-state index contributed by atoms with van der Waals surface area (Å²) < 4.78 is 13.3. The number of amides is 1. The molecule has 0 atom stereocenters. The van der Waals surface area contributed by atoms with Crippen LogP contribution in [0.5, 0.6) is 0 Å². The van der Waals surface area contributed by atoms with Gasteiger partial charge in [0.15, 0.2) is 0 Å². The molecule has 1 N–H and O–H groups in total. The highest BCUT2D eigenvalue weighted by molar-refractivity contribution is 5.78. The molecule has 0 saturated carbocycles. The maximum atomic E-state index is 13.3. The number of nitro groups is 1. The lowest BCUT2D eigenvalue weighted by atomic mass is 10.0. The second kappa shape index (κ2) is 6.72. The number of benzene rings is 1. The number of carbonyl (C=O) groups excluding carboxylic acids is 1. The van der Waals surface area contributed by atoms with E-state index in [4.69, 9.17) is 0 Å². The predicted octanol–water partition coefficient (Wildman–Crippen LogP) is 2.79. The molecule has 22 heavy (non-hydrogen) atoms. The van der Waals surface area contributed by atoms with E-state index in [-0.39, 0.29) is 29.2 Å². The van der Waals surface area contributed by atoms with E-state index < -0.39 is 10.7 Å². The minimum atomic E-state index is -0.529. The number of anilines is 1. The molecule has 2 rings (SSSR count). The number of piperidine rings is 1. The fraction of sp³-hybridized carbons (Fsp3) is 0.533. The van der Waals surface area contributed by atoms with Crippen LogP contribution < -0.4 is 5.32 Å². The first-order valence-corrected chi connectivity index (χ1v) is 7.37. The van der Waals surface area contributed by atoms with Gasteiger partial charge in [-0.3, -0.25) is 14.9 Å². The quantitative estimate of drug-likeness (QED) is 0.685. The molecule has 0 spiro atoms. The average Bonchev–Trinajstić information content (AvgIpc) is 2.47. The molecule has 7 heteroatoms. The molecule has 1 saturated heterocycles. The number of nitrogens with one attached hydrogen (secondary N) is 1. The summed E-state index contributed by atoms with van der Waals surface area (Å²) in [4.78, 5) is 24.2. The number of rotatable bonds is 4. The lowest BCUT2D eigenvalue weighted by molar-refractivity contribution is -0.384. The fourth-order valence-corrected chi connectivity index (χ4v) is 2.61. The smallest absolute Gasteiger partial charge is 0.292 e. The van der Waals surface area contributed by atoms with E-state index in [0.29, 0.717) is 25.9 Å². The van der Waals surface area contributed by atoms with Gasteiger partial charge in [-0.15, -0.1) is 0 Å². The standard InChI is InChI=1S/C15H20FN3O3/c1-10(2)15(20)18-7-5-12(6-8-18)17-13-9-11(16)3-4-14(13)19(21)22/h3-4,9-10,12,17H,5-8H2,1-2H3. The van der Waals surface area contributed by atoms with Crippen LogP contribution in [-0.2, 0) is 4.79 Å². The Kier molecular flexibility index (Phi) is 4.95. The summed E-state index contributed by atoms with van der Waals surface area (Å²) in [5.41, 5.74) is 0.0562. The minimum Gasteiger partial charge on any atom is -0.377 e. The monoisotopic (exact) mass is 309 g/mol. The third kappa shape index (κ3) is 3.72. The van der Waals surface area contributed by atoms with Gasteiger partial charge in [-0.05, 0) is 18.9 Å². The molecule has 1 amide bonds. The van der Waals surface area contributed by atoms with Crippen LogP contribution in [0.4, 0.5) is 15.8 Å². The van der Waals surface area contributed by atoms with Crippen molar-refractivity contribution in [1.29, 1.82) is 0 Å². The number of carbonyl (C=O) groups is 1. The molecular weight excluding hydrogens is 289 g/mol. The molecule has 1 aliphatic rings. The van der Waals surface area contributed by atoms with Crippen LogP contribution in [0.3, 0.4) is 0 Å². The van der Waals surface area contributed by atoms with Gasteiger partial charge in [-0.25, -0.2) is 4.39 Å². The van der Waals surface area contributed by atoms with Crippen molar-refractivity contribution in [2.45, 2.75) is 32.7 Å². The molecule has 1 aliphatic heterocycles. The van der Waals surface area contributed by atoms with Gasteiger partial charge in [0.1, 0.15) is 11.5 Å². The third-order valence-corrected chi connectivity index (χ3v) is 3.82. The molecule has 0 bridgehead atoms. The van der Waals surface area contributed by atoms with Gasteiger partial charge in [0, 0.05) is 37.2 Å². The van der Waals surface area contributed by atoms with Crippen molar-refractivity contribution in [2.75, 3.05) is 18.4 Å². The summed E-state index contributed by atoms with van der Waals surface area (Å²) >= 11 is 0. The van der Waals surface area contributed by atoms with Crippen molar-refractivity contribution in [2.24, 2.45) is 5.92 Å². The molecule has 6 nitrogen and oxygen atoms in total. The van der Waals surface area contributed by atoms with E-state index in [0.717, 1.165) is 18.2 Å². The van der Waals surface area contributed by atoms with Crippen molar-refractivity contribution in [3.05, 3.63) is 34.1 Å². The second-order valence-electron chi connectivity index (χ2n) is 5.82. The number of hydrogen-bond acceptors (Lipinski definition) is 4. The maximum Gasteiger partial charge on any atom is 0.292 e. The molecule has 120 valence electrons. The van der Waals surface area contributed by atoms with E-state index in [1.807, 2.05) is 18.7 Å². The summed E-state index contributed by atoms with van der Waals surface area (Å²) in [6.07, 6.45) is 1.37. The number of likely N-dealkylation sites (tertiary alicyclic amines) is 1. The number of nitrogens with zero attached hydrogens (tertiary/aromatic N) is 2. The van der Waals surface area contributed by atoms with Gasteiger partial charge in [-0.2, -0.15) is 0 Å². The normalized spacial score (nSPS) is 15.9. The van der Waals surface area contributed by atoms with Crippen molar-refractivity contribution in [3.8, 4) is 0 Å². The van der Waals surface area contributed by atoms with Crippen molar-refractivity contribution < 1.29 is 14.1 Å². The molecule has 0 aromatic heterocycles. The Bertz CT molecular complexity index is 569. The zero-order valence-electron chi connectivity index (χ0n) is 12.7. The van der Waals surface area contributed by atoms with Crippen LogP contribution in [0.15, 0.2) is 18.2 Å². The van der Waals surface area contributed by atoms with Crippen molar-refractivity contribution in [1.82, 2.24) is 4.90 Å². The molecule has 0 unspecified atom stereocenters. The lowest BCUT2D eigenvalue weighted by Gasteiger charge is -2.33. The Balaban J connectivity index is 2.01. The van der Waals surface area contributed by atoms with Crippen LogP contribution in [-0.4, -0.2) is 34.9 Å². The van der Waals surface area contributed by atoms with Gasteiger partial charge in [-0.1, -0.05) is 13.8 Å². The highest BCUT2D eigenvalue weighted by atomic mass is 19.1. The van der Waals surface area contributed by atoms with E-state index in [2.05, 4.69) is 5.32 Å². The first-order chi connectivity index (χ1) is 10.4. The molecule has 0 radical (unpaired) electrons. The van der Waals surface area contributed by atoms with E-state index in [1.165, 1.54) is 0 Å². The van der Waals surface area contributed by atoms with Gasteiger partial charge >= 0.3 is 0 Å². The van der Waals surface area contributed by atoms with Gasteiger partial charge in [0.05, 0.1) is 4.92 Å². The molecule has 0 aliphatic carbocycles. The zero-order chi connectivity index (χ0) is 16.3. The summed E-state index contributed by atoms with van der Waals surface area (Å²) in [5, 5.41) is 14.0. The highest BCUT2D eigenvalue weighted by Crippen LogP contribution is 2.27. The van der Waals surface area contributed by atoms with Crippen LogP contribution >= 0.6 is 0 Å². The van der Waals surface area contributed by atoms with E-state index in [9.17, 15) is 19.3 Å². The largest absolute Gasteiger partial charge is 0.377 e. The maximum absolute atomic E-state index is 13.3. The highest BCUT2D eigenvalue weighted by Gasteiger charge is 2.25. The summed E-state index contributed by atoms with van der Waals surface area (Å²) in [6, 6.07) is 3.38. The number of halogens is 1. The minimum absolute atomic E-state index is 0.00304. The Morgan fingerprint density at radius 2 is 2.05 bits per heavy atom. The molecule has 1 fully saturated rings. The van der Waals surface area contributed by atoms with Crippen molar-refractivity contribution in [3.63, 3.8) is 0 Å². The topological polar surface area (TPSA) is 75.5 Å². The Morgan fingerprint density at radius 1 is 1.41 bits per heavy atom.